The van der Waals surface area contributed by atoms with Gasteiger partial charge >= 0.3 is 0 Å². The molecule has 0 saturated heterocycles. The van der Waals surface area contributed by atoms with Crippen molar-refractivity contribution in [2.24, 2.45) is 11.7 Å². The predicted molar refractivity (Wildman–Crippen MR) is 80.1 cm³/mol. The summed E-state index contributed by atoms with van der Waals surface area (Å²) in [5.41, 5.74) is 6.62. The Balaban J connectivity index is 2.00. The van der Waals surface area contributed by atoms with E-state index in [1.165, 1.54) is 12.8 Å². The van der Waals surface area contributed by atoms with E-state index in [2.05, 4.69) is 22.2 Å². The van der Waals surface area contributed by atoms with Gasteiger partial charge in [0.25, 0.3) is 0 Å². The number of benzene rings is 1. The van der Waals surface area contributed by atoms with Gasteiger partial charge in [0.05, 0.1) is 5.52 Å². The molecule has 0 aliphatic rings. The van der Waals surface area contributed by atoms with Crippen molar-refractivity contribution in [3.63, 3.8) is 0 Å². The highest BCUT2D eigenvalue weighted by Gasteiger charge is 2.07. The van der Waals surface area contributed by atoms with Crippen molar-refractivity contribution in [2.45, 2.75) is 26.2 Å². The molecule has 0 aliphatic carbocycles. The van der Waals surface area contributed by atoms with Crippen LogP contribution in [0, 0.1) is 5.92 Å². The van der Waals surface area contributed by atoms with Crippen LogP contribution in [-0.2, 0) is 0 Å². The molecule has 1 aromatic carbocycles. The summed E-state index contributed by atoms with van der Waals surface area (Å²) < 4.78 is 0. The zero-order chi connectivity index (χ0) is 13.5. The minimum atomic E-state index is 0.602. The zero-order valence-electron chi connectivity index (χ0n) is 11.5. The average molecular weight is 258 g/mol. The van der Waals surface area contributed by atoms with Gasteiger partial charge in [0.1, 0.15) is 0 Å². The second kappa shape index (κ2) is 7.04. The molecule has 4 heteroatoms. The van der Waals surface area contributed by atoms with Gasteiger partial charge in [-0.1, -0.05) is 31.5 Å². The molecule has 1 aromatic heterocycles. The van der Waals surface area contributed by atoms with Crippen molar-refractivity contribution < 1.29 is 0 Å². The molecule has 1 heterocycles. The Bertz CT molecular complexity index is 506. The number of fused-ring (bicyclic) bond motifs is 1. The fourth-order valence-electron chi connectivity index (χ4n) is 2.29. The Kier molecular flexibility index (Phi) is 5.10. The van der Waals surface area contributed by atoms with Crippen LogP contribution in [0.4, 0.5) is 5.95 Å². The topological polar surface area (TPSA) is 63.8 Å². The summed E-state index contributed by atoms with van der Waals surface area (Å²) >= 11 is 0. The molecule has 0 spiro atoms. The fourth-order valence-corrected chi connectivity index (χ4v) is 2.29. The lowest BCUT2D eigenvalue weighted by Gasteiger charge is -2.15. The highest BCUT2D eigenvalue weighted by atomic mass is 15.1. The standard InChI is InChI=1S/C15H22N4/c1-2-5-12(8-9-16)10-17-15-18-11-13-6-3-4-7-14(13)19-15/h3-4,6-7,11-12H,2,5,8-10,16H2,1H3,(H,17,18,19). The molecule has 2 rings (SSSR count). The summed E-state index contributed by atoms with van der Waals surface area (Å²) in [5.74, 6) is 1.31. The van der Waals surface area contributed by atoms with Gasteiger partial charge in [0.15, 0.2) is 0 Å². The number of para-hydroxylation sites is 1. The fraction of sp³-hybridized carbons (Fsp3) is 0.467. The number of rotatable bonds is 7. The smallest absolute Gasteiger partial charge is 0.223 e. The van der Waals surface area contributed by atoms with E-state index in [4.69, 9.17) is 5.73 Å². The lowest BCUT2D eigenvalue weighted by Crippen LogP contribution is -2.19. The highest BCUT2D eigenvalue weighted by molar-refractivity contribution is 5.78. The number of nitrogens with zero attached hydrogens (tertiary/aromatic N) is 2. The van der Waals surface area contributed by atoms with Crippen molar-refractivity contribution in [2.75, 3.05) is 18.4 Å². The largest absolute Gasteiger partial charge is 0.354 e. The number of hydrogen-bond donors (Lipinski definition) is 2. The van der Waals surface area contributed by atoms with E-state index in [9.17, 15) is 0 Å². The van der Waals surface area contributed by atoms with E-state index in [-0.39, 0.29) is 0 Å². The summed E-state index contributed by atoms with van der Waals surface area (Å²) in [6, 6.07) is 8.02. The van der Waals surface area contributed by atoms with Crippen LogP contribution in [0.5, 0.6) is 0 Å². The second-order valence-corrected chi connectivity index (χ2v) is 4.87. The van der Waals surface area contributed by atoms with E-state index >= 15 is 0 Å². The molecule has 0 amide bonds. The second-order valence-electron chi connectivity index (χ2n) is 4.87. The van der Waals surface area contributed by atoms with Crippen LogP contribution < -0.4 is 11.1 Å². The molecule has 1 unspecified atom stereocenters. The van der Waals surface area contributed by atoms with E-state index in [1.807, 2.05) is 30.5 Å². The maximum atomic E-state index is 5.64. The van der Waals surface area contributed by atoms with Crippen LogP contribution in [0.1, 0.15) is 26.2 Å². The monoisotopic (exact) mass is 258 g/mol. The van der Waals surface area contributed by atoms with Gasteiger partial charge in [-0.05, 0) is 31.4 Å². The van der Waals surface area contributed by atoms with E-state index in [0.717, 1.165) is 30.4 Å². The van der Waals surface area contributed by atoms with Crippen molar-refractivity contribution in [3.8, 4) is 0 Å². The Labute approximate surface area is 114 Å². The summed E-state index contributed by atoms with van der Waals surface area (Å²) in [6.07, 6.45) is 5.29. The maximum Gasteiger partial charge on any atom is 0.223 e. The van der Waals surface area contributed by atoms with Crippen LogP contribution in [0.15, 0.2) is 30.5 Å². The zero-order valence-corrected chi connectivity index (χ0v) is 11.5. The third-order valence-electron chi connectivity index (χ3n) is 3.31. The van der Waals surface area contributed by atoms with Crippen molar-refractivity contribution in [1.82, 2.24) is 9.97 Å². The lowest BCUT2D eigenvalue weighted by atomic mass is 10.00. The molecular weight excluding hydrogens is 236 g/mol. The van der Waals surface area contributed by atoms with E-state index in [1.54, 1.807) is 0 Å². The number of anilines is 1. The molecule has 0 fully saturated rings. The first-order chi connectivity index (χ1) is 9.33. The third kappa shape index (κ3) is 3.89. The minimum absolute atomic E-state index is 0.602. The molecular formula is C15H22N4. The molecule has 0 saturated carbocycles. The van der Waals surface area contributed by atoms with Crippen molar-refractivity contribution >= 4 is 16.9 Å². The molecule has 19 heavy (non-hydrogen) atoms. The molecule has 2 aromatic rings. The molecule has 4 nitrogen and oxygen atoms in total. The van der Waals surface area contributed by atoms with E-state index < -0.39 is 0 Å². The van der Waals surface area contributed by atoms with Crippen LogP contribution in [0.2, 0.25) is 0 Å². The van der Waals surface area contributed by atoms with Gasteiger partial charge in [0.2, 0.25) is 5.95 Å². The molecule has 3 N–H and O–H groups in total. The quantitative estimate of drug-likeness (QED) is 0.801. The Hall–Kier alpha value is -1.68. The SMILES string of the molecule is CCCC(CCN)CNc1ncc2ccccc2n1. The van der Waals surface area contributed by atoms with Crippen LogP contribution in [0.25, 0.3) is 10.9 Å². The third-order valence-corrected chi connectivity index (χ3v) is 3.31. The van der Waals surface area contributed by atoms with Gasteiger partial charge in [-0.2, -0.15) is 0 Å². The van der Waals surface area contributed by atoms with Gasteiger partial charge in [0, 0.05) is 18.1 Å². The van der Waals surface area contributed by atoms with Gasteiger partial charge in [-0.3, -0.25) is 0 Å². The first-order valence-electron chi connectivity index (χ1n) is 6.99. The molecule has 102 valence electrons. The normalized spacial score (nSPS) is 12.5. The lowest BCUT2D eigenvalue weighted by molar-refractivity contribution is 0.472. The van der Waals surface area contributed by atoms with Crippen LogP contribution in [-0.4, -0.2) is 23.1 Å². The Morgan fingerprint density at radius 1 is 1.26 bits per heavy atom. The molecule has 0 bridgehead atoms. The van der Waals surface area contributed by atoms with Gasteiger partial charge < -0.3 is 11.1 Å². The molecule has 0 radical (unpaired) electrons. The number of nitrogens with one attached hydrogen (secondary N) is 1. The molecule has 0 aliphatic heterocycles. The van der Waals surface area contributed by atoms with Crippen LogP contribution >= 0.6 is 0 Å². The van der Waals surface area contributed by atoms with Crippen LogP contribution in [0.3, 0.4) is 0 Å². The van der Waals surface area contributed by atoms with E-state index in [0.29, 0.717) is 11.9 Å². The predicted octanol–water partition coefficient (Wildman–Crippen LogP) is 2.81. The summed E-state index contributed by atoms with van der Waals surface area (Å²) in [5, 5.41) is 4.40. The summed E-state index contributed by atoms with van der Waals surface area (Å²) in [4.78, 5) is 8.86. The van der Waals surface area contributed by atoms with Crippen molar-refractivity contribution in [3.05, 3.63) is 30.5 Å². The first-order valence-corrected chi connectivity index (χ1v) is 6.99. The number of aromatic nitrogens is 2. The maximum absolute atomic E-state index is 5.64. The Morgan fingerprint density at radius 3 is 2.89 bits per heavy atom. The number of hydrogen-bond acceptors (Lipinski definition) is 4. The van der Waals surface area contributed by atoms with Gasteiger partial charge in [-0.15, -0.1) is 0 Å². The van der Waals surface area contributed by atoms with Crippen molar-refractivity contribution in [1.29, 1.82) is 0 Å². The highest BCUT2D eigenvalue weighted by Crippen LogP contribution is 2.14. The number of nitrogens with two attached hydrogens (primary N) is 1. The molecule has 1 atom stereocenters. The minimum Gasteiger partial charge on any atom is -0.354 e. The van der Waals surface area contributed by atoms with Gasteiger partial charge in [-0.25, -0.2) is 9.97 Å². The summed E-state index contributed by atoms with van der Waals surface area (Å²) in [7, 11) is 0. The summed E-state index contributed by atoms with van der Waals surface area (Å²) in [6.45, 7) is 3.84. The first kappa shape index (κ1) is 13.7. The average Bonchev–Trinajstić information content (AvgIpc) is 2.45. The Morgan fingerprint density at radius 2 is 2.11 bits per heavy atom.